The largest absolute Gasteiger partial charge is 0.457 e. The number of benzene rings is 2. The van der Waals surface area contributed by atoms with Gasteiger partial charge in [-0.3, -0.25) is 0 Å². The van der Waals surface area contributed by atoms with Crippen molar-refractivity contribution < 1.29 is 4.74 Å². The first-order chi connectivity index (χ1) is 8.97. The van der Waals surface area contributed by atoms with Gasteiger partial charge in [0.2, 0.25) is 0 Å². The molecule has 0 bridgehead atoms. The minimum atomic E-state index is -0.00368. The Balaban J connectivity index is 2.29. The molecule has 1 unspecified atom stereocenters. The molecule has 0 aromatic heterocycles. The average Bonchev–Trinajstić information content (AvgIpc) is 2.33. The standard InChI is InChI=1S/C15H15Br2NO/c1-9-3-4-11(16)7-15(9)19-12-5-6-13(10(2)18)14(17)8-12/h3-8,10H,18H2,1-2H3. The predicted molar refractivity (Wildman–Crippen MR) is 85.7 cm³/mol. The van der Waals surface area contributed by atoms with Crippen molar-refractivity contribution >= 4 is 31.9 Å². The van der Waals surface area contributed by atoms with Gasteiger partial charge in [-0.25, -0.2) is 0 Å². The highest BCUT2D eigenvalue weighted by atomic mass is 79.9. The van der Waals surface area contributed by atoms with Gasteiger partial charge in [-0.1, -0.05) is 44.0 Å². The Morgan fingerprint density at radius 2 is 1.84 bits per heavy atom. The third kappa shape index (κ3) is 3.59. The van der Waals surface area contributed by atoms with Gasteiger partial charge in [0.25, 0.3) is 0 Å². The Kier molecular flexibility index (Phi) is 4.66. The lowest BCUT2D eigenvalue weighted by Gasteiger charge is -2.12. The van der Waals surface area contributed by atoms with Crippen LogP contribution >= 0.6 is 31.9 Å². The summed E-state index contributed by atoms with van der Waals surface area (Å²) in [5.41, 5.74) is 8.05. The Hall–Kier alpha value is -0.840. The average molecular weight is 385 g/mol. The van der Waals surface area contributed by atoms with E-state index in [0.29, 0.717) is 0 Å². The molecule has 0 radical (unpaired) electrons. The van der Waals surface area contributed by atoms with E-state index in [1.165, 1.54) is 0 Å². The predicted octanol–water partition coefficient (Wildman–Crippen LogP) is 5.33. The molecular formula is C15H15Br2NO. The fourth-order valence-corrected chi connectivity index (χ4v) is 2.81. The van der Waals surface area contributed by atoms with Gasteiger partial charge in [-0.2, -0.15) is 0 Å². The minimum Gasteiger partial charge on any atom is -0.457 e. The molecule has 0 spiro atoms. The zero-order valence-corrected chi connectivity index (χ0v) is 14.0. The van der Waals surface area contributed by atoms with Crippen molar-refractivity contribution in [3.63, 3.8) is 0 Å². The van der Waals surface area contributed by atoms with Crippen LogP contribution in [0.1, 0.15) is 24.1 Å². The summed E-state index contributed by atoms with van der Waals surface area (Å²) in [6.45, 7) is 3.98. The molecule has 2 aromatic carbocycles. The zero-order valence-electron chi connectivity index (χ0n) is 10.8. The molecule has 0 aliphatic rings. The summed E-state index contributed by atoms with van der Waals surface area (Å²) in [6, 6.07) is 11.8. The topological polar surface area (TPSA) is 35.2 Å². The Bertz CT molecular complexity index is 597. The first kappa shape index (κ1) is 14.6. The summed E-state index contributed by atoms with van der Waals surface area (Å²) in [7, 11) is 0. The van der Waals surface area contributed by atoms with Crippen molar-refractivity contribution in [2.24, 2.45) is 5.73 Å². The molecule has 100 valence electrons. The van der Waals surface area contributed by atoms with Crippen LogP contribution < -0.4 is 10.5 Å². The molecule has 2 rings (SSSR count). The van der Waals surface area contributed by atoms with Crippen LogP contribution in [0.3, 0.4) is 0 Å². The highest BCUT2D eigenvalue weighted by Crippen LogP contribution is 2.32. The first-order valence-corrected chi connectivity index (χ1v) is 7.55. The maximum Gasteiger partial charge on any atom is 0.131 e. The number of hydrogen-bond donors (Lipinski definition) is 1. The number of aryl methyl sites for hydroxylation is 1. The maximum absolute atomic E-state index is 5.90. The summed E-state index contributed by atoms with van der Waals surface area (Å²) < 4.78 is 7.87. The Labute approximate surface area is 130 Å². The van der Waals surface area contributed by atoms with E-state index in [2.05, 4.69) is 31.9 Å². The molecule has 1 atom stereocenters. The summed E-state index contributed by atoms with van der Waals surface area (Å²) in [5, 5.41) is 0. The molecule has 19 heavy (non-hydrogen) atoms. The zero-order chi connectivity index (χ0) is 14.0. The molecule has 2 nitrogen and oxygen atoms in total. The number of hydrogen-bond acceptors (Lipinski definition) is 2. The van der Waals surface area contributed by atoms with E-state index in [9.17, 15) is 0 Å². The van der Waals surface area contributed by atoms with E-state index in [-0.39, 0.29) is 6.04 Å². The van der Waals surface area contributed by atoms with Gasteiger partial charge in [-0.05, 0) is 49.2 Å². The van der Waals surface area contributed by atoms with Crippen molar-refractivity contribution in [2.75, 3.05) is 0 Å². The van der Waals surface area contributed by atoms with Crippen molar-refractivity contribution in [3.05, 3.63) is 56.5 Å². The molecule has 0 fully saturated rings. The number of rotatable bonds is 3. The normalized spacial score (nSPS) is 12.3. The molecule has 0 heterocycles. The molecule has 0 saturated carbocycles. The SMILES string of the molecule is Cc1ccc(Br)cc1Oc1ccc(C(C)N)c(Br)c1. The summed E-state index contributed by atoms with van der Waals surface area (Å²) in [4.78, 5) is 0. The lowest BCUT2D eigenvalue weighted by Crippen LogP contribution is -2.05. The number of ether oxygens (including phenoxy) is 1. The van der Waals surface area contributed by atoms with E-state index in [1.807, 2.05) is 50.2 Å². The van der Waals surface area contributed by atoms with Crippen molar-refractivity contribution in [1.29, 1.82) is 0 Å². The van der Waals surface area contributed by atoms with Crippen LogP contribution in [0.2, 0.25) is 0 Å². The quantitative estimate of drug-likeness (QED) is 0.775. The second-order valence-corrected chi connectivity index (χ2v) is 6.25. The third-order valence-electron chi connectivity index (χ3n) is 2.84. The van der Waals surface area contributed by atoms with Crippen molar-refractivity contribution in [1.82, 2.24) is 0 Å². The molecule has 0 aliphatic heterocycles. The molecule has 0 saturated heterocycles. The van der Waals surface area contributed by atoms with Crippen molar-refractivity contribution in [2.45, 2.75) is 19.9 Å². The summed E-state index contributed by atoms with van der Waals surface area (Å²) >= 11 is 6.97. The highest BCUT2D eigenvalue weighted by molar-refractivity contribution is 9.10. The monoisotopic (exact) mass is 383 g/mol. The van der Waals surface area contributed by atoms with Crippen LogP contribution in [0.25, 0.3) is 0 Å². The second kappa shape index (κ2) is 6.07. The lowest BCUT2D eigenvalue weighted by molar-refractivity contribution is 0.478. The molecule has 0 aliphatic carbocycles. The van der Waals surface area contributed by atoms with E-state index >= 15 is 0 Å². The van der Waals surface area contributed by atoms with Gasteiger partial charge in [0, 0.05) is 15.0 Å². The van der Waals surface area contributed by atoms with Gasteiger partial charge < -0.3 is 10.5 Å². The summed E-state index contributed by atoms with van der Waals surface area (Å²) in [5.74, 6) is 1.63. The molecule has 2 aromatic rings. The van der Waals surface area contributed by atoms with E-state index in [4.69, 9.17) is 10.5 Å². The van der Waals surface area contributed by atoms with Crippen LogP contribution in [-0.2, 0) is 0 Å². The van der Waals surface area contributed by atoms with E-state index in [1.54, 1.807) is 0 Å². The van der Waals surface area contributed by atoms with Crippen LogP contribution in [0.4, 0.5) is 0 Å². The first-order valence-electron chi connectivity index (χ1n) is 5.96. The van der Waals surface area contributed by atoms with E-state index in [0.717, 1.165) is 31.6 Å². The number of halogens is 2. The fourth-order valence-electron chi connectivity index (χ4n) is 1.75. The number of nitrogens with two attached hydrogens (primary N) is 1. The Morgan fingerprint density at radius 1 is 1.11 bits per heavy atom. The van der Waals surface area contributed by atoms with Gasteiger partial charge >= 0.3 is 0 Å². The maximum atomic E-state index is 5.90. The lowest BCUT2D eigenvalue weighted by atomic mass is 10.1. The van der Waals surface area contributed by atoms with Crippen LogP contribution in [0.5, 0.6) is 11.5 Å². The smallest absolute Gasteiger partial charge is 0.131 e. The van der Waals surface area contributed by atoms with Gasteiger partial charge in [-0.15, -0.1) is 0 Å². The summed E-state index contributed by atoms with van der Waals surface area (Å²) in [6.07, 6.45) is 0. The van der Waals surface area contributed by atoms with Crippen molar-refractivity contribution in [3.8, 4) is 11.5 Å². The van der Waals surface area contributed by atoms with Crippen LogP contribution in [0.15, 0.2) is 45.3 Å². The molecule has 0 amide bonds. The van der Waals surface area contributed by atoms with Gasteiger partial charge in [0.1, 0.15) is 11.5 Å². The highest BCUT2D eigenvalue weighted by Gasteiger charge is 2.08. The van der Waals surface area contributed by atoms with Crippen LogP contribution in [-0.4, -0.2) is 0 Å². The van der Waals surface area contributed by atoms with E-state index < -0.39 is 0 Å². The second-order valence-electron chi connectivity index (χ2n) is 4.48. The minimum absolute atomic E-state index is 0.00368. The molecule has 4 heteroatoms. The third-order valence-corrected chi connectivity index (χ3v) is 4.02. The fraction of sp³-hybridized carbons (Fsp3) is 0.200. The van der Waals surface area contributed by atoms with Gasteiger partial charge in [0.15, 0.2) is 0 Å². The Morgan fingerprint density at radius 3 is 2.47 bits per heavy atom. The molecular weight excluding hydrogens is 370 g/mol. The van der Waals surface area contributed by atoms with Crippen LogP contribution in [0, 0.1) is 6.92 Å². The molecule has 2 N–H and O–H groups in total. The van der Waals surface area contributed by atoms with Gasteiger partial charge in [0.05, 0.1) is 0 Å².